The van der Waals surface area contributed by atoms with E-state index in [4.69, 9.17) is 4.74 Å². The second-order valence-electron chi connectivity index (χ2n) is 4.36. The largest absolute Gasteiger partial charge is 0.484 e. The topological polar surface area (TPSA) is 34.1 Å². The molecule has 1 aromatic carbocycles. The number of ether oxygens (including phenoxy) is 1. The molecule has 2 aromatic rings. The predicted molar refractivity (Wildman–Crippen MR) is 72.5 cm³/mol. The van der Waals surface area contributed by atoms with Gasteiger partial charge in [0.1, 0.15) is 6.61 Å². The van der Waals surface area contributed by atoms with Crippen LogP contribution in [-0.4, -0.2) is 12.0 Å². The van der Waals surface area contributed by atoms with Crippen LogP contribution in [0.5, 0.6) is 5.75 Å². The summed E-state index contributed by atoms with van der Waals surface area (Å²) in [4.78, 5) is 4.28. The lowest BCUT2D eigenvalue weighted by Crippen LogP contribution is -2.06. The summed E-state index contributed by atoms with van der Waals surface area (Å²) >= 11 is 0. The summed E-state index contributed by atoms with van der Waals surface area (Å²) < 4.78 is 19.2. The lowest BCUT2D eigenvalue weighted by Gasteiger charge is -2.08. The highest BCUT2D eigenvalue weighted by Gasteiger charge is 2.06. The van der Waals surface area contributed by atoms with E-state index in [-0.39, 0.29) is 18.2 Å². The first-order valence-corrected chi connectivity index (χ1v) is 6.17. The molecule has 1 heterocycles. The fraction of sp³-hybridized carbons (Fsp3) is 0.267. The zero-order chi connectivity index (χ0) is 13.7. The van der Waals surface area contributed by atoms with Crippen LogP contribution < -0.4 is 10.1 Å². The van der Waals surface area contributed by atoms with E-state index in [0.717, 1.165) is 17.8 Å². The molecule has 0 atom stereocenters. The standard InChI is InChI=1S/C15H17FN2O/c1-11-4-3-5-14(15(11)16)19-10-13-7-6-12(8-17-2)9-18-13/h3-7,9,17H,8,10H2,1-2H3. The van der Waals surface area contributed by atoms with Crippen molar-refractivity contribution in [3.05, 3.63) is 59.2 Å². The molecule has 0 amide bonds. The Balaban J connectivity index is 2.00. The third-order valence-corrected chi connectivity index (χ3v) is 2.80. The smallest absolute Gasteiger partial charge is 0.167 e. The number of nitrogens with zero attached hydrogens (tertiary/aromatic N) is 1. The zero-order valence-corrected chi connectivity index (χ0v) is 11.1. The molecule has 1 aromatic heterocycles. The van der Waals surface area contributed by atoms with Crippen molar-refractivity contribution in [1.29, 1.82) is 0 Å². The SMILES string of the molecule is CNCc1ccc(COc2cccc(C)c2F)nc1. The van der Waals surface area contributed by atoms with Gasteiger partial charge >= 0.3 is 0 Å². The Labute approximate surface area is 112 Å². The molecule has 100 valence electrons. The molecule has 0 fully saturated rings. The van der Waals surface area contributed by atoms with Gasteiger partial charge in [0.25, 0.3) is 0 Å². The van der Waals surface area contributed by atoms with E-state index in [1.165, 1.54) is 0 Å². The van der Waals surface area contributed by atoms with Crippen molar-refractivity contribution in [1.82, 2.24) is 10.3 Å². The second-order valence-corrected chi connectivity index (χ2v) is 4.36. The fourth-order valence-electron chi connectivity index (χ4n) is 1.73. The van der Waals surface area contributed by atoms with Gasteiger partial charge in [-0.1, -0.05) is 18.2 Å². The number of halogens is 1. The number of benzene rings is 1. The third kappa shape index (κ3) is 3.51. The van der Waals surface area contributed by atoms with Crippen molar-refractivity contribution in [2.24, 2.45) is 0 Å². The van der Waals surface area contributed by atoms with Gasteiger partial charge in [0.2, 0.25) is 0 Å². The Bertz CT molecular complexity index is 540. The van der Waals surface area contributed by atoms with Crippen molar-refractivity contribution in [3.63, 3.8) is 0 Å². The predicted octanol–water partition coefficient (Wildman–Crippen LogP) is 2.83. The molecule has 0 aliphatic rings. The van der Waals surface area contributed by atoms with Crippen LogP contribution >= 0.6 is 0 Å². The average Bonchev–Trinajstić information content (AvgIpc) is 2.42. The first-order valence-electron chi connectivity index (χ1n) is 6.17. The summed E-state index contributed by atoms with van der Waals surface area (Å²) in [6.45, 7) is 2.76. The highest BCUT2D eigenvalue weighted by atomic mass is 19.1. The number of pyridine rings is 1. The molecule has 1 N–H and O–H groups in total. The van der Waals surface area contributed by atoms with Crippen LogP contribution in [-0.2, 0) is 13.2 Å². The number of nitrogens with one attached hydrogen (secondary N) is 1. The van der Waals surface area contributed by atoms with E-state index in [1.807, 2.05) is 19.2 Å². The lowest BCUT2D eigenvalue weighted by molar-refractivity contribution is 0.285. The minimum Gasteiger partial charge on any atom is -0.484 e. The summed E-state index contributed by atoms with van der Waals surface area (Å²) in [6, 6.07) is 8.98. The van der Waals surface area contributed by atoms with Crippen LogP contribution in [0.15, 0.2) is 36.5 Å². The highest BCUT2D eigenvalue weighted by Crippen LogP contribution is 2.20. The average molecular weight is 260 g/mol. The van der Waals surface area contributed by atoms with E-state index in [9.17, 15) is 4.39 Å². The summed E-state index contributed by atoms with van der Waals surface area (Å²) in [5.41, 5.74) is 2.46. The Hall–Kier alpha value is -1.94. The van der Waals surface area contributed by atoms with E-state index in [0.29, 0.717) is 5.56 Å². The monoisotopic (exact) mass is 260 g/mol. The molecule has 0 bridgehead atoms. The molecular formula is C15H17FN2O. The minimum atomic E-state index is -0.311. The van der Waals surface area contributed by atoms with Gasteiger partial charge < -0.3 is 10.1 Å². The number of aryl methyl sites for hydroxylation is 1. The Morgan fingerprint density at radius 1 is 1.26 bits per heavy atom. The van der Waals surface area contributed by atoms with Crippen LogP contribution in [0.25, 0.3) is 0 Å². The molecule has 0 unspecified atom stereocenters. The Kier molecular flexibility index (Phi) is 4.47. The molecular weight excluding hydrogens is 243 g/mol. The molecule has 0 saturated carbocycles. The summed E-state index contributed by atoms with van der Waals surface area (Å²) in [5.74, 6) is -0.0459. The van der Waals surface area contributed by atoms with Gasteiger partial charge in [0, 0.05) is 12.7 Å². The quantitative estimate of drug-likeness (QED) is 0.897. The van der Waals surface area contributed by atoms with Crippen molar-refractivity contribution in [2.75, 3.05) is 7.05 Å². The number of aromatic nitrogens is 1. The van der Waals surface area contributed by atoms with E-state index < -0.39 is 0 Å². The van der Waals surface area contributed by atoms with Gasteiger partial charge in [-0.05, 0) is 37.2 Å². The highest BCUT2D eigenvalue weighted by molar-refractivity contribution is 5.30. The first-order chi connectivity index (χ1) is 9.20. The number of hydrogen-bond acceptors (Lipinski definition) is 3. The van der Waals surface area contributed by atoms with Crippen LogP contribution in [0, 0.1) is 12.7 Å². The number of hydrogen-bond donors (Lipinski definition) is 1. The molecule has 0 saturated heterocycles. The van der Waals surface area contributed by atoms with Crippen molar-refractivity contribution in [3.8, 4) is 5.75 Å². The summed E-state index contributed by atoms with van der Waals surface area (Å²) in [7, 11) is 1.89. The van der Waals surface area contributed by atoms with Gasteiger partial charge in [0.05, 0.1) is 5.69 Å². The molecule has 19 heavy (non-hydrogen) atoms. The van der Waals surface area contributed by atoms with Crippen molar-refractivity contribution in [2.45, 2.75) is 20.1 Å². The first kappa shape index (κ1) is 13.5. The maximum absolute atomic E-state index is 13.7. The summed E-state index contributed by atoms with van der Waals surface area (Å²) in [5, 5.41) is 3.05. The Morgan fingerprint density at radius 3 is 2.79 bits per heavy atom. The van der Waals surface area contributed by atoms with Crippen LogP contribution in [0.1, 0.15) is 16.8 Å². The van der Waals surface area contributed by atoms with Gasteiger partial charge in [-0.2, -0.15) is 0 Å². The molecule has 0 aliphatic heterocycles. The Morgan fingerprint density at radius 2 is 2.11 bits per heavy atom. The third-order valence-electron chi connectivity index (χ3n) is 2.80. The van der Waals surface area contributed by atoms with Gasteiger partial charge in [-0.25, -0.2) is 4.39 Å². The van der Waals surface area contributed by atoms with Gasteiger partial charge in [-0.15, -0.1) is 0 Å². The number of rotatable bonds is 5. The van der Waals surface area contributed by atoms with E-state index in [1.54, 1.807) is 31.3 Å². The van der Waals surface area contributed by atoms with Crippen LogP contribution in [0.4, 0.5) is 4.39 Å². The molecule has 3 nitrogen and oxygen atoms in total. The maximum Gasteiger partial charge on any atom is 0.167 e. The molecule has 2 rings (SSSR count). The molecule has 0 spiro atoms. The van der Waals surface area contributed by atoms with Gasteiger partial charge in [-0.3, -0.25) is 4.98 Å². The lowest BCUT2D eigenvalue weighted by atomic mass is 10.2. The normalized spacial score (nSPS) is 10.5. The van der Waals surface area contributed by atoms with E-state index in [2.05, 4.69) is 10.3 Å². The van der Waals surface area contributed by atoms with E-state index >= 15 is 0 Å². The molecule has 4 heteroatoms. The maximum atomic E-state index is 13.7. The van der Waals surface area contributed by atoms with Crippen LogP contribution in [0.3, 0.4) is 0 Å². The molecule has 0 radical (unpaired) electrons. The fourth-order valence-corrected chi connectivity index (χ4v) is 1.73. The van der Waals surface area contributed by atoms with Gasteiger partial charge in [0.15, 0.2) is 11.6 Å². The van der Waals surface area contributed by atoms with Crippen molar-refractivity contribution >= 4 is 0 Å². The zero-order valence-electron chi connectivity index (χ0n) is 11.1. The van der Waals surface area contributed by atoms with Crippen molar-refractivity contribution < 1.29 is 9.13 Å². The summed E-state index contributed by atoms with van der Waals surface area (Å²) in [6.07, 6.45) is 1.79. The second kappa shape index (κ2) is 6.29. The minimum absolute atomic E-state index is 0.264. The van der Waals surface area contributed by atoms with Crippen LogP contribution in [0.2, 0.25) is 0 Å². The molecule has 0 aliphatic carbocycles.